The van der Waals surface area contributed by atoms with E-state index in [-0.39, 0.29) is 35.4 Å². The maximum atomic E-state index is 14.5. The Balaban J connectivity index is 1.98. The number of hydrogen-bond acceptors (Lipinski definition) is 8. The third kappa shape index (κ3) is 6.07. The Morgan fingerprint density at radius 2 is 1.84 bits per heavy atom. The van der Waals surface area contributed by atoms with Gasteiger partial charge in [-0.1, -0.05) is 0 Å². The first kappa shape index (κ1) is 22.8. The molecule has 1 atom stereocenters. The molecule has 0 bridgehead atoms. The Kier molecular flexibility index (Phi) is 6.41. The molecule has 0 saturated heterocycles. The van der Waals surface area contributed by atoms with Crippen molar-refractivity contribution < 1.29 is 27.5 Å². The average Bonchev–Trinajstić information content (AvgIpc) is 2.67. The molecule has 1 unspecified atom stereocenters. The minimum absolute atomic E-state index is 0.0281. The van der Waals surface area contributed by atoms with Gasteiger partial charge in [0.2, 0.25) is 5.95 Å². The molecule has 0 fully saturated rings. The number of anilines is 3. The normalized spacial score (nSPS) is 17.6. The molecule has 12 heteroatoms. The molecule has 1 aliphatic carbocycles. The van der Waals surface area contributed by atoms with E-state index in [9.17, 15) is 22.7 Å². The van der Waals surface area contributed by atoms with E-state index in [1.54, 1.807) is 20.8 Å². The Hall–Kier alpha value is -2.86. The van der Waals surface area contributed by atoms with Crippen molar-refractivity contribution in [3.8, 4) is 0 Å². The topological polar surface area (TPSA) is 105 Å². The Labute approximate surface area is 175 Å². The van der Waals surface area contributed by atoms with Crippen LogP contribution in [0.1, 0.15) is 51.6 Å². The van der Waals surface area contributed by atoms with Gasteiger partial charge in [0.25, 0.3) is 5.95 Å². The predicted molar refractivity (Wildman–Crippen MR) is 105 cm³/mol. The first-order valence-electron chi connectivity index (χ1n) is 9.50. The summed E-state index contributed by atoms with van der Waals surface area (Å²) in [5, 5.41) is 12.5. The van der Waals surface area contributed by atoms with Crippen LogP contribution in [0.5, 0.6) is 0 Å². The van der Waals surface area contributed by atoms with Crippen LogP contribution in [0.15, 0.2) is 24.2 Å². The summed E-state index contributed by atoms with van der Waals surface area (Å²) in [6.45, 7) is 5.32. The molecule has 3 N–H and O–H groups in total. The molecule has 0 spiro atoms. The second kappa shape index (κ2) is 8.71. The lowest BCUT2D eigenvalue weighted by atomic mass is 9.96. The molecule has 0 amide bonds. The van der Waals surface area contributed by atoms with Crippen LogP contribution in [0.25, 0.3) is 5.57 Å². The highest BCUT2D eigenvalue weighted by Gasteiger charge is 2.32. The molecule has 2 heterocycles. The monoisotopic (exact) mass is 442 g/mol. The highest BCUT2D eigenvalue weighted by Crippen LogP contribution is 2.33. The second-order valence-electron chi connectivity index (χ2n) is 7.91. The van der Waals surface area contributed by atoms with E-state index in [0.29, 0.717) is 12.8 Å². The van der Waals surface area contributed by atoms with Crippen molar-refractivity contribution in [1.82, 2.24) is 19.9 Å². The van der Waals surface area contributed by atoms with Gasteiger partial charge in [-0.25, -0.2) is 9.87 Å². The minimum atomic E-state index is -4.62. The second-order valence-corrected chi connectivity index (χ2v) is 7.91. The number of hydrogen-bond donors (Lipinski definition) is 3. The Morgan fingerprint density at radius 3 is 2.52 bits per heavy atom. The third-order valence-electron chi connectivity index (χ3n) is 4.15. The number of aromatic nitrogens is 4. The quantitative estimate of drug-likeness (QED) is 0.462. The lowest BCUT2D eigenvalue weighted by molar-refractivity contribution is -0.141. The fourth-order valence-corrected chi connectivity index (χ4v) is 2.74. The minimum Gasteiger partial charge on any atom is -0.386 e. The van der Waals surface area contributed by atoms with E-state index < -0.39 is 29.4 Å². The molecule has 31 heavy (non-hydrogen) atoms. The molecule has 0 radical (unpaired) electrons. The zero-order valence-corrected chi connectivity index (χ0v) is 17.1. The maximum absolute atomic E-state index is 14.5. The van der Waals surface area contributed by atoms with Gasteiger partial charge < -0.3 is 10.4 Å². The van der Waals surface area contributed by atoms with E-state index in [2.05, 4.69) is 30.7 Å². The molecule has 1 aliphatic rings. The van der Waals surface area contributed by atoms with Crippen LogP contribution in [0.4, 0.5) is 35.1 Å². The van der Waals surface area contributed by atoms with Crippen LogP contribution in [-0.2, 0) is 11.0 Å². The molecule has 3 rings (SSSR count). The summed E-state index contributed by atoms with van der Waals surface area (Å²) in [7, 11) is 0. The van der Waals surface area contributed by atoms with Gasteiger partial charge in [0.05, 0.1) is 5.60 Å². The third-order valence-corrected chi connectivity index (χ3v) is 4.15. The summed E-state index contributed by atoms with van der Waals surface area (Å²) in [6.07, 6.45) is -3.79. The van der Waals surface area contributed by atoms with Crippen molar-refractivity contribution in [3.05, 3.63) is 35.7 Å². The Morgan fingerprint density at radius 1 is 1.13 bits per heavy atom. The van der Waals surface area contributed by atoms with Crippen LogP contribution in [0, 0.1) is 0 Å². The van der Waals surface area contributed by atoms with Crippen LogP contribution >= 0.6 is 0 Å². The fourth-order valence-electron chi connectivity index (χ4n) is 2.74. The van der Waals surface area contributed by atoms with Crippen molar-refractivity contribution in [2.24, 2.45) is 0 Å². The van der Waals surface area contributed by atoms with Crippen molar-refractivity contribution in [2.45, 2.75) is 57.9 Å². The van der Waals surface area contributed by atoms with E-state index in [4.69, 9.17) is 4.84 Å². The number of pyridine rings is 1. The van der Waals surface area contributed by atoms with Gasteiger partial charge >= 0.3 is 6.18 Å². The number of allylic oxidation sites excluding steroid dienone is 1. The van der Waals surface area contributed by atoms with E-state index in [1.807, 2.05) is 0 Å². The van der Waals surface area contributed by atoms with Gasteiger partial charge in [0.15, 0.2) is 5.82 Å². The van der Waals surface area contributed by atoms with Crippen LogP contribution in [-0.4, -0.2) is 36.7 Å². The van der Waals surface area contributed by atoms with E-state index in [1.165, 1.54) is 6.07 Å². The highest BCUT2D eigenvalue weighted by molar-refractivity contribution is 5.66. The summed E-state index contributed by atoms with van der Waals surface area (Å²) in [5.74, 6) is -1.01. The number of halogens is 4. The molecule has 168 valence electrons. The molecule has 0 saturated carbocycles. The summed E-state index contributed by atoms with van der Waals surface area (Å²) in [4.78, 5) is 21.1. The molecule has 8 nitrogen and oxygen atoms in total. The van der Waals surface area contributed by atoms with Crippen molar-refractivity contribution in [1.29, 1.82) is 0 Å². The van der Waals surface area contributed by atoms with Crippen molar-refractivity contribution in [2.75, 3.05) is 10.8 Å². The first-order chi connectivity index (χ1) is 14.4. The lowest BCUT2D eigenvalue weighted by Gasteiger charge is -2.21. The van der Waals surface area contributed by atoms with Gasteiger partial charge in [-0.05, 0) is 52.2 Å². The molecule has 2 aromatic rings. The van der Waals surface area contributed by atoms with E-state index >= 15 is 0 Å². The summed E-state index contributed by atoms with van der Waals surface area (Å²) >= 11 is 0. The largest absolute Gasteiger partial charge is 0.433 e. The Bertz CT molecular complexity index is 975. The summed E-state index contributed by atoms with van der Waals surface area (Å²) in [6, 6.07) is 2.11. The first-order valence-corrected chi connectivity index (χ1v) is 9.50. The number of nitrogens with zero attached hydrogens (tertiary/aromatic N) is 4. The molecular formula is C19H22F4N6O2. The van der Waals surface area contributed by atoms with Crippen molar-refractivity contribution >= 4 is 23.2 Å². The number of aliphatic hydroxyl groups excluding tert-OH is 1. The molecule has 0 aliphatic heterocycles. The maximum Gasteiger partial charge on any atom is 0.433 e. The highest BCUT2D eigenvalue weighted by atomic mass is 19.4. The zero-order valence-electron chi connectivity index (χ0n) is 17.1. The summed E-state index contributed by atoms with van der Waals surface area (Å²) in [5.41, 5.74) is 0.978. The number of aliphatic hydroxyl groups is 1. The van der Waals surface area contributed by atoms with Gasteiger partial charge in [0, 0.05) is 17.5 Å². The van der Waals surface area contributed by atoms with E-state index in [0.717, 1.165) is 12.3 Å². The fraction of sp³-hybridized carbons (Fsp3) is 0.474. The predicted octanol–water partition coefficient (Wildman–Crippen LogP) is 4.40. The van der Waals surface area contributed by atoms with Gasteiger partial charge in [-0.15, -0.1) is 0 Å². The SMILES string of the molecule is CC(C)(C)ONc1nc(Nc2ccnc(C(F)(F)F)c2)nc(C2=C(F)C(O)CCC2)n1. The molecule has 2 aromatic heterocycles. The van der Waals surface area contributed by atoms with Crippen LogP contribution in [0.2, 0.25) is 0 Å². The van der Waals surface area contributed by atoms with Crippen LogP contribution < -0.4 is 10.8 Å². The number of rotatable bonds is 5. The van der Waals surface area contributed by atoms with Gasteiger partial charge in [-0.2, -0.15) is 28.1 Å². The molecular weight excluding hydrogens is 420 g/mol. The zero-order chi connectivity index (χ0) is 22.8. The van der Waals surface area contributed by atoms with Crippen molar-refractivity contribution in [3.63, 3.8) is 0 Å². The number of nitrogens with one attached hydrogen (secondary N) is 2. The lowest BCUT2D eigenvalue weighted by Crippen LogP contribution is -2.24. The van der Waals surface area contributed by atoms with Gasteiger partial charge in [0.1, 0.15) is 17.6 Å². The van der Waals surface area contributed by atoms with Gasteiger partial charge in [-0.3, -0.25) is 9.82 Å². The average molecular weight is 442 g/mol. The molecule has 0 aromatic carbocycles. The standard InChI is InChI=1S/C19H22F4N6O2/c1-18(2,3)31-29-17-27-15(11-5-4-6-12(30)14(11)20)26-16(28-17)25-10-7-8-24-13(9-10)19(21,22)23/h7-9,12,30H,4-6H2,1-3H3,(H2,24,25,26,27,28,29). The summed E-state index contributed by atoms with van der Waals surface area (Å²) < 4.78 is 53.3. The van der Waals surface area contributed by atoms with Crippen LogP contribution in [0.3, 0.4) is 0 Å². The number of alkyl halides is 3. The smallest absolute Gasteiger partial charge is 0.386 e.